The molecule has 0 saturated carbocycles. The second-order valence-corrected chi connectivity index (χ2v) is 5.12. The van der Waals surface area contributed by atoms with Gasteiger partial charge < -0.3 is 9.47 Å². The number of morpholine rings is 1. The molecule has 0 spiro atoms. The lowest BCUT2D eigenvalue weighted by Gasteiger charge is -2.39. The van der Waals surface area contributed by atoms with E-state index in [-0.39, 0.29) is 18.2 Å². The van der Waals surface area contributed by atoms with Gasteiger partial charge in [-0.3, -0.25) is 4.90 Å². The molecule has 0 bridgehead atoms. The summed E-state index contributed by atoms with van der Waals surface area (Å²) in [6, 6.07) is 0.173. The Morgan fingerprint density at radius 1 is 1.27 bits per heavy atom. The van der Waals surface area contributed by atoms with Crippen molar-refractivity contribution in [3.63, 3.8) is 0 Å². The number of carbonyl (C=O) groups is 1. The molecule has 15 heavy (non-hydrogen) atoms. The fourth-order valence-corrected chi connectivity index (χ4v) is 1.68. The number of amides is 1. The first-order valence-electron chi connectivity index (χ1n) is 5.40. The first-order valence-corrected chi connectivity index (χ1v) is 5.40. The number of rotatable bonds is 0. The molecule has 0 aromatic heterocycles. The van der Waals surface area contributed by atoms with Gasteiger partial charge >= 0.3 is 6.09 Å². The van der Waals surface area contributed by atoms with Gasteiger partial charge in [0.25, 0.3) is 0 Å². The highest BCUT2D eigenvalue weighted by Gasteiger charge is 2.32. The van der Waals surface area contributed by atoms with Crippen LogP contribution in [0, 0.1) is 0 Å². The second-order valence-electron chi connectivity index (χ2n) is 5.12. The van der Waals surface area contributed by atoms with Crippen LogP contribution in [0.5, 0.6) is 0 Å². The Balaban J connectivity index is 2.64. The van der Waals surface area contributed by atoms with Crippen molar-refractivity contribution in [2.75, 3.05) is 13.2 Å². The van der Waals surface area contributed by atoms with Crippen LogP contribution in [0.1, 0.15) is 34.6 Å². The van der Waals surface area contributed by atoms with E-state index in [4.69, 9.17) is 9.47 Å². The molecule has 4 heteroatoms. The van der Waals surface area contributed by atoms with Gasteiger partial charge in [-0.1, -0.05) is 0 Å². The zero-order valence-electron chi connectivity index (χ0n) is 10.2. The molecule has 0 unspecified atom stereocenters. The topological polar surface area (TPSA) is 38.8 Å². The third kappa shape index (κ3) is 3.38. The molecule has 4 nitrogen and oxygen atoms in total. The molecule has 2 atom stereocenters. The van der Waals surface area contributed by atoms with E-state index in [9.17, 15) is 4.79 Å². The first-order chi connectivity index (χ1) is 6.81. The maximum Gasteiger partial charge on any atom is 0.410 e. The van der Waals surface area contributed by atoms with Crippen molar-refractivity contribution in [2.45, 2.75) is 52.3 Å². The largest absolute Gasteiger partial charge is 0.444 e. The molecule has 0 aromatic rings. The van der Waals surface area contributed by atoms with E-state index in [1.54, 1.807) is 4.90 Å². The molecule has 88 valence electrons. The molecule has 1 rings (SSSR count). The molecule has 0 N–H and O–H groups in total. The summed E-state index contributed by atoms with van der Waals surface area (Å²) in [5.74, 6) is 0. The van der Waals surface area contributed by atoms with Gasteiger partial charge in [0.1, 0.15) is 5.60 Å². The summed E-state index contributed by atoms with van der Waals surface area (Å²) < 4.78 is 10.7. The lowest BCUT2D eigenvalue weighted by atomic mass is 10.2. The van der Waals surface area contributed by atoms with Crippen molar-refractivity contribution in [2.24, 2.45) is 0 Å². The number of hydrogen-bond acceptors (Lipinski definition) is 3. The molecule has 0 radical (unpaired) electrons. The highest BCUT2D eigenvalue weighted by molar-refractivity contribution is 5.69. The van der Waals surface area contributed by atoms with Gasteiger partial charge in [0.05, 0.1) is 25.3 Å². The quantitative estimate of drug-likeness (QED) is 0.620. The lowest BCUT2D eigenvalue weighted by Crippen LogP contribution is -2.53. The van der Waals surface area contributed by atoms with Crippen LogP contribution in [0.4, 0.5) is 4.79 Å². The summed E-state index contributed by atoms with van der Waals surface area (Å²) >= 11 is 0. The van der Waals surface area contributed by atoms with E-state index in [0.717, 1.165) is 0 Å². The van der Waals surface area contributed by atoms with Crippen LogP contribution < -0.4 is 0 Å². The van der Waals surface area contributed by atoms with Crippen molar-refractivity contribution in [1.29, 1.82) is 0 Å². The summed E-state index contributed by atoms with van der Waals surface area (Å²) in [5, 5.41) is 0. The van der Waals surface area contributed by atoms with E-state index in [1.165, 1.54) is 0 Å². The van der Waals surface area contributed by atoms with Crippen molar-refractivity contribution < 1.29 is 14.3 Å². The Labute approximate surface area is 91.5 Å². The summed E-state index contributed by atoms with van der Waals surface area (Å²) in [7, 11) is 0. The fourth-order valence-electron chi connectivity index (χ4n) is 1.68. The monoisotopic (exact) mass is 215 g/mol. The number of ether oxygens (including phenoxy) is 2. The predicted molar refractivity (Wildman–Crippen MR) is 57.8 cm³/mol. The minimum absolute atomic E-state index is 0.0867. The van der Waals surface area contributed by atoms with Crippen LogP contribution in [0.3, 0.4) is 0 Å². The third-order valence-electron chi connectivity index (χ3n) is 2.27. The highest BCUT2D eigenvalue weighted by atomic mass is 16.6. The molecule has 1 amide bonds. The Morgan fingerprint density at radius 3 is 2.13 bits per heavy atom. The van der Waals surface area contributed by atoms with Crippen LogP contribution in [-0.2, 0) is 9.47 Å². The van der Waals surface area contributed by atoms with Crippen molar-refractivity contribution in [1.82, 2.24) is 4.90 Å². The van der Waals surface area contributed by atoms with Gasteiger partial charge in [-0.2, -0.15) is 0 Å². The maximum atomic E-state index is 11.9. The van der Waals surface area contributed by atoms with Gasteiger partial charge in [0.15, 0.2) is 0 Å². The Kier molecular flexibility index (Phi) is 3.60. The van der Waals surface area contributed by atoms with E-state index < -0.39 is 5.60 Å². The van der Waals surface area contributed by atoms with Gasteiger partial charge in [-0.25, -0.2) is 4.79 Å². The van der Waals surface area contributed by atoms with Crippen LogP contribution >= 0.6 is 0 Å². The van der Waals surface area contributed by atoms with E-state index in [2.05, 4.69) is 0 Å². The van der Waals surface area contributed by atoms with E-state index in [0.29, 0.717) is 13.2 Å². The number of nitrogens with zero attached hydrogens (tertiary/aromatic N) is 1. The van der Waals surface area contributed by atoms with Gasteiger partial charge in [-0.05, 0) is 34.6 Å². The van der Waals surface area contributed by atoms with Crippen molar-refractivity contribution in [3.05, 3.63) is 0 Å². The molecule has 0 aromatic carbocycles. The zero-order chi connectivity index (χ0) is 11.6. The molecule has 0 aliphatic carbocycles. The van der Waals surface area contributed by atoms with Gasteiger partial charge in [0.2, 0.25) is 0 Å². The fraction of sp³-hybridized carbons (Fsp3) is 0.909. The molecule has 1 heterocycles. The van der Waals surface area contributed by atoms with Crippen molar-refractivity contribution >= 4 is 6.09 Å². The van der Waals surface area contributed by atoms with Crippen molar-refractivity contribution in [3.8, 4) is 0 Å². The minimum Gasteiger partial charge on any atom is -0.444 e. The summed E-state index contributed by atoms with van der Waals surface area (Å²) in [6.45, 7) is 10.7. The minimum atomic E-state index is -0.436. The standard InChI is InChI=1S/C11H21NO3/c1-8-6-14-7-9(2)12(8)10(13)15-11(3,4)5/h8-9H,6-7H2,1-5H3/t8-,9+. The Hall–Kier alpha value is -0.770. The van der Waals surface area contributed by atoms with Gasteiger partial charge in [0, 0.05) is 0 Å². The first kappa shape index (κ1) is 12.3. The average Bonchev–Trinajstić information content (AvgIpc) is 1.99. The normalized spacial score (nSPS) is 27.7. The lowest BCUT2D eigenvalue weighted by molar-refractivity contribution is -0.0515. The van der Waals surface area contributed by atoms with E-state index in [1.807, 2.05) is 34.6 Å². The maximum absolute atomic E-state index is 11.9. The summed E-state index contributed by atoms with van der Waals surface area (Å²) in [5.41, 5.74) is -0.436. The van der Waals surface area contributed by atoms with Crippen LogP contribution in [0.2, 0.25) is 0 Å². The van der Waals surface area contributed by atoms with E-state index >= 15 is 0 Å². The molecule has 1 saturated heterocycles. The molecule has 1 fully saturated rings. The SMILES string of the molecule is C[C@@H]1COC[C@H](C)N1C(=O)OC(C)(C)C. The smallest absolute Gasteiger partial charge is 0.410 e. The van der Waals surface area contributed by atoms with Crippen LogP contribution in [0.25, 0.3) is 0 Å². The second kappa shape index (κ2) is 4.39. The molecular formula is C11H21NO3. The zero-order valence-corrected chi connectivity index (χ0v) is 10.2. The number of hydrogen-bond donors (Lipinski definition) is 0. The molecule has 1 aliphatic heterocycles. The van der Waals surface area contributed by atoms with Crippen LogP contribution in [0.15, 0.2) is 0 Å². The Bertz CT molecular complexity index is 224. The average molecular weight is 215 g/mol. The third-order valence-corrected chi connectivity index (χ3v) is 2.27. The number of carbonyl (C=O) groups excluding carboxylic acids is 1. The molecule has 1 aliphatic rings. The van der Waals surface area contributed by atoms with Gasteiger partial charge in [-0.15, -0.1) is 0 Å². The summed E-state index contributed by atoms with van der Waals surface area (Å²) in [6.07, 6.45) is -0.245. The predicted octanol–water partition coefficient (Wildman–Crippen LogP) is 2.03. The highest BCUT2D eigenvalue weighted by Crippen LogP contribution is 2.17. The molecular weight excluding hydrogens is 194 g/mol. The summed E-state index contributed by atoms with van der Waals surface area (Å²) in [4.78, 5) is 13.6. The van der Waals surface area contributed by atoms with Crippen LogP contribution in [-0.4, -0.2) is 41.9 Å². The Morgan fingerprint density at radius 2 is 1.73 bits per heavy atom.